The molecule has 0 saturated carbocycles. The minimum atomic E-state index is 0.548. The summed E-state index contributed by atoms with van der Waals surface area (Å²) in [7, 11) is 0. The van der Waals surface area contributed by atoms with Crippen molar-refractivity contribution in [3.8, 4) is 22.8 Å². The zero-order valence-corrected chi connectivity index (χ0v) is 10.7. The smallest absolute Gasteiger partial charge is 0.258 e. The van der Waals surface area contributed by atoms with Crippen molar-refractivity contribution in [2.24, 2.45) is 0 Å². The topological polar surface area (TPSA) is 63.8 Å². The summed E-state index contributed by atoms with van der Waals surface area (Å²) in [5.41, 5.74) is 4.35. The third-order valence-corrected chi connectivity index (χ3v) is 3.43. The van der Waals surface area contributed by atoms with E-state index in [1.807, 2.05) is 18.2 Å². The molecular weight excluding hydrogens is 252 g/mol. The molecule has 0 amide bonds. The van der Waals surface area contributed by atoms with Gasteiger partial charge in [-0.2, -0.15) is 4.98 Å². The molecule has 20 heavy (non-hydrogen) atoms. The number of pyridine rings is 1. The summed E-state index contributed by atoms with van der Waals surface area (Å²) in [5, 5.41) is 7.36. The average molecular weight is 264 g/mol. The van der Waals surface area contributed by atoms with Crippen LogP contribution >= 0.6 is 0 Å². The summed E-state index contributed by atoms with van der Waals surface area (Å²) in [6, 6.07) is 9.90. The summed E-state index contributed by atoms with van der Waals surface area (Å²) >= 11 is 0. The van der Waals surface area contributed by atoms with Crippen LogP contribution in [0.4, 0.5) is 5.69 Å². The molecule has 3 heterocycles. The quantitative estimate of drug-likeness (QED) is 0.771. The Bertz CT molecular complexity index is 752. The van der Waals surface area contributed by atoms with Crippen LogP contribution in [0.15, 0.2) is 47.2 Å². The largest absolute Gasteiger partial charge is 0.384 e. The van der Waals surface area contributed by atoms with Crippen molar-refractivity contribution in [1.82, 2.24) is 15.1 Å². The highest BCUT2D eigenvalue weighted by Crippen LogP contribution is 2.28. The fourth-order valence-corrected chi connectivity index (χ4v) is 2.40. The first-order valence-corrected chi connectivity index (χ1v) is 6.51. The molecule has 3 aromatic rings. The van der Waals surface area contributed by atoms with E-state index >= 15 is 0 Å². The van der Waals surface area contributed by atoms with Gasteiger partial charge < -0.3 is 9.84 Å². The van der Waals surface area contributed by atoms with Crippen LogP contribution in [0.5, 0.6) is 0 Å². The van der Waals surface area contributed by atoms with Crippen molar-refractivity contribution >= 4 is 5.69 Å². The van der Waals surface area contributed by atoms with E-state index in [4.69, 9.17) is 4.52 Å². The van der Waals surface area contributed by atoms with E-state index in [2.05, 4.69) is 32.6 Å². The molecular formula is C15H12N4O. The van der Waals surface area contributed by atoms with Gasteiger partial charge >= 0.3 is 0 Å². The molecule has 0 spiro atoms. The first-order valence-electron chi connectivity index (χ1n) is 6.51. The maximum absolute atomic E-state index is 5.36. The Labute approximate surface area is 115 Å². The summed E-state index contributed by atoms with van der Waals surface area (Å²) in [5.74, 6) is 1.13. The Morgan fingerprint density at radius 3 is 2.85 bits per heavy atom. The lowest BCUT2D eigenvalue weighted by Crippen LogP contribution is -1.90. The SMILES string of the molecule is c1cc(-c2noc(-c3ccc4c(c3)CCN4)n2)ccn1. The summed E-state index contributed by atoms with van der Waals surface area (Å²) < 4.78 is 5.36. The summed E-state index contributed by atoms with van der Waals surface area (Å²) in [6.45, 7) is 0.991. The highest BCUT2D eigenvalue weighted by Gasteiger charge is 2.14. The first kappa shape index (κ1) is 11.2. The molecule has 1 aliphatic rings. The van der Waals surface area contributed by atoms with Crippen LogP contribution in [0, 0.1) is 0 Å². The van der Waals surface area contributed by atoms with Gasteiger partial charge in [0, 0.05) is 35.8 Å². The molecule has 1 N–H and O–H groups in total. The molecule has 0 aliphatic carbocycles. The lowest BCUT2D eigenvalue weighted by atomic mass is 10.1. The number of hydrogen-bond donors (Lipinski definition) is 1. The second-order valence-electron chi connectivity index (χ2n) is 4.71. The van der Waals surface area contributed by atoms with Crippen molar-refractivity contribution in [3.63, 3.8) is 0 Å². The van der Waals surface area contributed by atoms with Crippen molar-refractivity contribution in [1.29, 1.82) is 0 Å². The monoisotopic (exact) mass is 264 g/mol. The van der Waals surface area contributed by atoms with Gasteiger partial charge in [0.15, 0.2) is 0 Å². The van der Waals surface area contributed by atoms with Gasteiger partial charge in [-0.15, -0.1) is 0 Å². The fraction of sp³-hybridized carbons (Fsp3) is 0.133. The van der Waals surface area contributed by atoms with Crippen molar-refractivity contribution in [3.05, 3.63) is 48.3 Å². The van der Waals surface area contributed by atoms with Crippen LogP contribution in [-0.2, 0) is 6.42 Å². The predicted octanol–water partition coefficient (Wildman–Crippen LogP) is 2.77. The third kappa shape index (κ3) is 1.84. The van der Waals surface area contributed by atoms with Crippen molar-refractivity contribution in [2.45, 2.75) is 6.42 Å². The number of hydrogen-bond acceptors (Lipinski definition) is 5. The second kappa shape index (κ2) is 4.45. The minimum Gasteiger partial charge on any atom is -0.384 e. The minimum absolute atomic E-state index is 0.548. The molecule has 1 aromatic carbocycles. The molecule has 0 atom stereocenters. The number of rotatable bonds is 2. The van der Waals surface area contributed by atoms with E-state index in [1.165, 1.54) is 11.3 Å². The van der Waals surface area contributed by atoms with E-state index < -0.39 is 0 Å². The normalized spacial score (nSPS) is 13.0. The number of aromatic nitrogens is 3. The first-order chi connectivity index (χ1) is 9.90. The number of anilines is 1. The zero-order valence-electron chi connectivity index (χ0n) is 10.7. The van der Waals surface area contributed by atoms with E-state index in [9.17, 15) is 0 Å². The standard InChI is InChI=1S/C15H12N4O/c1-2-13-11(5-8-17-13)9-12(1)15-18-14(19-20-15)10-3-6-16-7-4-10/h1-4,6-7,9,17H,5,8H2. The Morgan fingerprint density at radius 2 is 1.95 bits per heavy atom. The van der Waals surface area contributed by atoms with Crippen LogP contribution in [0.3, 0.4) is 0 Å². The molecule has 0 bridgehead atoms. The molecule has 0 fully saturated rings. The molecule has 0 saturated heterocycles. The zero-order chi connectivity index (χ0) is 13.4. The predicted molar refractivity (Wildman–Crippen MR) is 75.2 cm³/mol. The van der Waals surface area contributed by atoms with Gasteiger partial charge in [-0.3, -0.25) is 4.98 Å². The maximum Gasteiger partial charge on any atom is 0.258 e. The van der Waals surface area contributed by atoms with Gasteiger partial charge in [0.1, 0.15) is 0 Å². The van der Waals surface area contributed by atoms with Crippen LogP contribution in [0.2, 0.25) is 0 Å². The van der Waals surface area contributed by atoms with E-state index in [0.29, 0.717) is 11.7 Å². The molecule has 4 rings (SSSR count). The second-order valence-corrected chi connectivity index (χ2v) is 4.71. The van der Waals surface area contributed by atoms with E-state index in [0.717, 1.165) is 24.1 Å². The van der Waals surface area contributed by atoms with Gasteiger partial charge in [0.25, 0.3) is 5.89 Å². The third-order valence-electron chi connectivity index (χ3n) is 3.43. The van der Waals surface area contributed by atoms with Crippen LogP contribution in [-0.4, -0.2) is 21.7 Å². The Balaban J connectivity index is 1.72. The van der Waals surface area contributed by atoms with Gasteiger partial charge in [-0.1, -0.05) is 5.16 Å². The van der Waals surface area contributed by atoms with Gasteiger partial charge in [-0.05, 0) is 42.3 Å². The number of benzene rings is 1. The molecule has 0 radical (unpaired) electrons. The number of nitrogens with one attached hydrogen (secondary N) is 1. The van der Waals surface area contributed by atoms with Crippen molar-refractivity contribution < 1.29 is 4.52 Å². The molecule has 5 nitrogen and oxygen atoms in total. The van der Waals surface area contributed by atoms with Gasteiger partial charge in [0.2, 0.25) is 5.82 Å². The molecule has 2 aromatic heterocycles. The highest BCUT2D eigenvalue weighted by atomic mass is 16.5. The average Bonchev–Trinajstić information content (AvgIpc) is 3.16. The summed E-state index contributed by atoms with van der Waals surface area (Å²) in [6.07, 6.45) is 4.47. The number of nitrogens with zero attached hydrogens (tertiary/aromatic N) is 3. The Kier molecular flexibility index (Phi) is 2.48. The molecule has 1 aliphatic heterocycles. The fourth-order valence-electron chi connectivity index (χ4n) is 2.40. The molecule has 0 unspecified atom stereocenters. The van der Waals surface area contributed by atoms with Crippen molar-refractivity contribution in [2.75, 3.05) is 11.9 Å². The lowest BCUT2D eigenvalue weighted by molar-refractivity contribution is 0.432. The summed E-state index contributed by atoms with van der Waals surface area (Å²) in [4.78, 5) is 8.43. The lowest BCUT2D eigenvalue weighted by Gasteiger charge is -2.00. The van der Waals surface area contributed by atoms with Gasteiger partial charge in [-0.25, -0.2) is 0 Å². The van der Waals surface area contributed by atoms with Crippen LogP contribution in [0.1, 0.15) is 5.56 Å². The van der Waals surface area contributed by atoms with E-state index in [-0.39, 0.29) is 0 Å². The highest BCUT2D eigenvalue weighted by molar-refractivity contribution is 5.66. The number of fused-ring (bicyclic) bond motifs is 1. The van der Waals surface area contributed by atoms with Crippen LogP contribution in [0.25, 0.3) is 22.8 Å². The van der Waals surface area contributed by atoms with Crippen LogP contribution < -0.4 is 5.32 Å². The Hall–Kier alpha value is -2.69. The molecule has 98 valence electrons. The Morgan fingerprint density at radius 1 is 1.05 bits per heavy atom. The van der Waals surface area contributed by atoms with E-state index in [1.54, 1.807) is 12.4 Å². The maximum atomic E-state index is 5.36. The molecule has 5 heteroatoms. The van der Waals surface area contributed by atoms with Gasteiger partial charge in [0.05, 0.1) is 0 Å².